The van der Waals surface area contributed by atoms with E-state index < -0.39 is 0 Å². The van der Waals surface area contributed by atoms with Crippen molar-refractivity contribution in [1.29, 1.82) is 0 Å². The van der Waals surface area contributed by atoms with Crippen LogP contribution in [0.25, 0.3) is 10.6 Å². The number of unbranched alkanes of at least 4 members (excludes halogenated alkanes) is 1. The van der Waals surface area contributed by atoms with E-state index in [9.17, 15) is 0 Å². The van der Waals surface area contributed by atoms with Crippen LogP contribution >= 0.6 is 34.1 Å². The van der Waals surface area contributed by atoms with Gasteiger partial charge in [-0.3, -0.25) is 0 Å². The fourth-order valence-corrected chi connectivity index (χ4v) is 2.62. The zero-order chi connectivity index (χ0) is 12.1. The summed E-state index contributed by atoms with van der Waals surface area (Å²) >= 11 is 3.54. The van der Waals surface area contributed by atoms with Crippen LogP contribution in [0.1, 0.15) is 19.8 Å². The summed E-state index contributed by atoms with van der Waals surface area (Å²) in [7, 11) is 0. The van der Waals surface area contributed by atoms with Gasteiger partial charge in [0, 0.05) is 28.2 Å². The van der Waals surface area contributed by atoms with Crippen molar-refractivity contribution in [3.05, 3.63) is 28.1 Å². The van der Waals surface area contributed by atoms with E-state index in [1.54, 1.807) is 0 Å². The third-order valence-electron chi connectivity index (χ3n) is 2.27. The van der Waals surface area contributed by atoms with Crippen LogP contribution < -0.4 is 4.74 Å². The second-order valence-corrected chi connectivity index (χ2v) is 5.31. The lowest BCUT2D eigenvalue weighted by Crippen LogP contribution is -1.95. The van der Waals surface area contributed by atoms with Crippen molar-refractivity contribution in [1.82, 2.24) is 9.36 Å². The highest BCUT2D eigenvalue weighted by Crippen LogP contribution is 2.24. The molecule has 90 valence electrons. The Balaban J connectivity index is 2.02. The van der Waals surface area contributed by atoms with E-state index in [0.717, 1.165) is 39.6 Å². The van der Waals surface area contributed by atoms with Gasteiger partial charge in [0.25, 0.3) is 0 Å². The molecule has 0 unspecified atom stereocenters. The Labute approximate surface area is 119 Å². The summed E-state index contributed by atoms with van der Waals surface area (Å²) in [4.78, 5) is 4.34. The van der Waals surface area contributed by atoms with Crippen molar-refractivity contribution in [2.24, 2.45) is 0 Å². The molecule has 2 rings (SSSR count). The van der Waals surface area contributed by atoms with Gasteiger partial charge in [0.05, 0.1) is 6.61 Å². The lowest BCUT2D eigenvalue weighted by molar-refractivity contribution is 0.309. The van der Waals surface area contributed by atoms with Crippen molar-refractivity contribution in [2.45, 2.75) is 19.8 Å². The summed E-state index contributed by atoms with van der Waals surface area (Å²) < 4.78 is 10.6. The van der Waals surface area contributed by atoms with E-state index in [0.29, 0.717) is 0 Å². The smallest absolute Gasteiger partial charge is 0.203 e. The van der Waals surface area contributed by atoms with Crippen LogP contribution in [-0.2, 0) is 0 Å². The Morgan fingerprint density at radius 3 is 2.65 bits per heavy atom. The summed E-state index contributed by atoms with van der Waals surface area (Å²) in [6.07, 6.45) is 2.25. The lowest BCUT2D eigenvalue weighted by Gasteiger charge is -2.05. The van der Waals surface area contributed by atoms with E-state index in [1.807, 2.05) is 24.3 Å². The highest BCUT2D eigenvalue weighted by atomic mass is 127. The molecule has 0 N–H and O–H groups in total. The monoisotopic (exact) mass is 360 g/mol. The molecule has 17 heavy (non-hydrogen) atoms. The zero-order valence-electron chi connectivity index (χ0n) is 9.52. The van der Waals surface area contributed by atoms with Crippen LogP contribution in [0.3, 0.4) is 0 Å². The van der Waals surface area contributed by atoms with E-state index in [1.165, 1.54) is 11.5 Å². The Hall–Kier alpha value is -0.690. The van der Waals surface area contributed by atoms with Crippen LogP contribution in [0.5, 0.6) is 5.75 Å². The van der Waals surface area contributed by atoms with Gasteiger partial charge in [-0.1, -0.05) is 13.3 Å². The average molecular weight is 360 g/mol. The molecule has 2 aromatic rings. The summed E-state index contributed by atoms with van der Waals surface area (Å²) in [6.45, 7) is 2.94. The minimum atomic E-state index is 0.784. The third-order valence-corrected chi connectivity index (χ3v) is 3.84. The second kappa shape index (κ2) is 6.30. The molecule has 3 nitrogen and oxygen atoms in total. The summed E-state index contributed by atoms with van der Waals surface area (Å²) in [6, 6.07) is 8.02. The number of hydrogen-bond acceptors (Lipinski definition) is 4. The zero-order valence-corrected chi connectivity index (χ0v) is 12.5. The average Bonchev–Trinajstić information content (AvgIpc) is 2.77. The van der Waals surface area contributed by atoms with Gasteiger partial charge in [0.1, 0.15) is 10.8 Å². The molecule has 0 aliphatic heterocycles. The molecule has 0 atom stereocenters. The lowest BCUT2D eigenvalue weighted by atomic mass is 10.2. The first-order chi connectivity index (χ1) is 8.29. The highest BCUT2D eigenvalue weighted by molar-refractivity contribution is 14.1. The van der Waals surface area contributed by atoms with Crippen LogP contribution in [0.4, 0.5) is 0 Å². The fraction of sp³-hybridized carbons (Fsp3) is 0.333. The second-order valence-electron chi connectivity index (χ2n) is 3.59. The van der Waals surface area contributed by atoms with Crippen LogP contribution in [-0.4, -0.2) is 16.0 Å². The highest BCUT2D eigenvalue weighted by Gasteiger charge is 2.04. The Bertz CT molecular complexity index is 470. The van der Waals surface area contributed by atoms with E-state index >= 15 is 0 Å². The standard InChI is InChI=1S/C12H13IN2OS/c1-2-3-8-16-10-6-4-9(5-7-10)11-14-12(13)15-17-11/h4-7H,2-3,8H2,1H3. The number of rotatable bonds is 5. The normalized spacial score (nSPS) is 10.5. The van der Waals surface area contributed by atoms with E-state index in [-0.39, 0.29) is 0 Å². The predicted octanol–water partition coefficient (Wildman–Crippen LogP) is 3.99. The summed E-state index contributed by atoms with van der Waals surface area (Å²) in [5.41, 5.74) is 1.09. The molecule has 0 saturated carbocycles. The first-order valence-corrected chi connectivity index (χ1v) is 7.37. The van der Waals surface area contributed by atoms with Gasteiger partial charge in [-0.25, -0.2) is 4.98 Å². The van der Waals surface area contributed by atoms with Gasteiger partial charge in [0.2, 0.25) is 3.83 Å². The number of aromatic nitrogens is 2. The Morgan fingerprint density at radius 2 is 2.06 bits per heavy atom. The van der Waals surface area contributed by atoms with Gasteiger partial charge in [-0.2, -0.15) is 4.37 Å². The minimum absolute atomic E-state index is 0.784. The molecule has 0 radical (unpaired) electrons. The molecule has 0 aliphatic rings. The molecule has 0 saturated heterocycles. The van der Waals surface area contributed by atoms with Gasteiger partial charge >= 0.3 is 0 Å². The van der Waals surface area contributed by atoms with Crippen LogP contribution in [0.15, 0.2) is 24.3 Å². The molecule has 5 heteroatoms. The maximum Gasteiger partial charge on any atom is 0.203 e. The number of halogens is 1. The first kappa shape index (κ1) is 12.8. The van der Waals surface area contributed by atoms with Crippen molar-refractivity contribution >= 4 is 34.1 Å². The third kappa shape index (κ3) is 3.64. The maximum atomic E-state index is 5.61. The summed E-state index contributed by atoms with van der Waals surface area (Å²) in [5, 5.41) is 0.953. The molecular formula is C12H13IN2OS. The quantitative estimate of drug-likeness (QED) is 0.598. The molecular weight excluding hydrogens is 347 g/mol. The van der Waals surface area contributed by atoms with Crippen molar-refractivity contribution < 1.29 is 4.74 Å². The predicted molar refractivity (Wildman–Crippen MR) is 78.5 cm³/mol. The van der Waals surface area contributed by atoms with Gasteiger partial charge < -0.3 is 4.74 Å². The van der Waals surface area contributed by atoms with Gasteiger partial charge in [-0.15, -0.1) is 0 Å². The fourth-order valence-electron chi connectivity index (χ4n) is 1.35. The molecule has 0 aliphatic carbocycles. The Morgan fingerprint density at radius 1 is 1.29 bits per heavy atom. The van der Waals surface area contributed by atoms with Gasteiger partial charge in [0.15, 0.2) is 0 Å². The number of hydrogen-bond donors (Lipinski definition) is 0. The van der Waals surface area contributed by atoms with Crippen molar-refractivity contribution in [3.8, 4) is 16.3 Å². The molecule has 0 bridgehead atoms. The molecule has 1 aromatic carbocycles. The van der Waals surface area contributed by atoms with Crippen LogP contribution in [0, 0.1) is 3.83 Å². The number of ether oxygens (including phenoxy) is 1. The molecule has 0 fully saturated rings. The molecule has 1 heterocycles. The SMILES string of the molecule is CCCCOc1ccc(-c2nc(I)ns2)cc1. The number of benzene rings is 1. The largest absolute Gasteiger partial charge is 0.494 e. The topological polar surface area (TPSA) is 35.0 Å². The van der Waals surface area contributed by atoms with Crippen molar-refractivity contribution in [3.63, 3.8) is 0 Å². The van der Waals surface area contributed by atoms with Crippen LogP contribution in [0.2, 0.25) is 0 Å². The summed E-state index contributed by atoms with van der Waals surface area (Å²) in [5.74, 6) is 0.918. The maximum absolute atomic E-state index is 5.61. The molecule has 0 amide bonds. The molecule has 0 spiro atoms. The number of nitrogens with zero attached hydrogens (tertiary/aromatic N) is 2. The Kier molecular flexibility index (Phi) is 4.73. The van der Waals surface area contributed by atoms with E-state index in [2.05, 4.69) is 38.9 Å². The first-order valence-electron chi connectivity index (χ1n) is 5.52. The van der Waals surface area contributed by atoms with Gasteiger partial charge in [-0.05, 0) is 42.2 Å². The molecule has 1 aromatic heterocycles. The minimum Gasteiger partial charge on any atom is -0.494 e. The van der Waals surface area contributed by atoms with Crippen molar-refractivity contribution in [2.75, 3.05) is 6.61 Å². The van der Waals surface area contributed by atoms with E-state index in [4.69, 9.17) is 4.74 Å².